The van der Waals surface area contributed by atoms with Gasteiger partial charge in [-0.2, -0.15) is 0 Å². The highest BCUT2D eigenvalue weighted by Crippen LogP contribution is 2.17. The third kappa shape index (κ3) is 2.57. The van der Waals surface area contributed by atoms with Crippen LogP contribution in [0.2, 0.25) is 5.15 Å². The Morgan fingerprint density at radius 2 is 2.46 bits per heavy atom. The van der Waals surface area contributed by atoms with Crippen molar-refractivity contribution >= 4 is 29.3 Å². The van der Waals surface area contributed by atoms with E-state index in [0.717, 1.165) is 5.75 Å². The molecule has 1 N–H and O–H groups in total. The summed E-state index contributed by atoms with van der Waals surface area (Å²) in [4.78, 5) is 18.2. The van der Waals surface area contributed by atoms with Crippen LogP contribution in [0, 0.1) is 0 Å². The molecule has 0 spiro atoms. The molecule has 4 nitrogen and oxygen atoms in total. The molecular formula is C7H7ClN2O2S. The second-order valence-corrected chi connectivity index (χ2v) is 3.68. The van der Waals surface area contributed by atoms with Gasteiger partial charge in [0.1, 0.15) is 10.7 Å². The minimum Gasteiger partial charge on any atom is -0.478 e. The van der Waals surface area contributed by atoms with Crippen LogP contribution < -0.4 is 0 Å². The zero-order valence-electron chi connectivity index (χ0n) is 6.82. The van der Waals surface area contributed by atoms with Crippen molar-refractivity contribution in [1.82, 2.24) is 9.97 Å². The third-order valence-corrected chi connectivity index (χ3v) is 2.26. The van der Waals surface area contributed by atoms with Gasteiger partial charge in [-0.25, -0.2) is 14.8 Å². The number of halogens is 1. The lowest BCUT2D eigenvalue weighted by molar-refractivity contribution is 0.0696. The van der Waals surface area contributed by atoms with Crippen molar-refractivity contribution in [1.29, 1.82) is 0 Å². The van der Waals surface area contributed by atoms with E-state index in [-0.39, 0.29) is 10.7 Å². The van der Waals surface area contributed by atoms with Crippen molar-refractivity contribution < 1.29 is 9.90 Å². The number of nitrogens with zero attached hydrogens (tertiary/aromatic N) is 2. The molecule has 6 heteroatoms. The first-order valence-electron chi connectivity index (χ1n) is 3.53. The van der Waals surface area contributed by atoms with E-state index in [1.807, 2.05) is 6.92 Å². The molecule has 1 aromatic rings. The van der Waals surface area contributed by atoms with Gasteiger partial charge >= 0.3 is 5.97 Å². The minimum atomic E-state index is -1.11. The highest BCUT2D eigenvalue weighted by atomic mass is 35.5. The molecule has 0 saturated heterocycles. The Balaban J connectivity index is 2.98. The average Bonchev–Trinajstić information content (AvgIpc) is 2.04. The fourth-order valence-corrected chi connectivity index (χ4v) is 1.49. The molecule has 13 heavy (non-hydrogen) atoms. The van der Waals surface area contributed by atoms with E-state index in [0.29, 0.717) is 5.16 Å². The zero-order valence-corrected chi connectivity index (χ0v) is 8.39. The molecule has 70 valence electrons. The van der Waals surface area contributed by atoms with E-state index in [1.165, 1.54) is 18.0 Å². The van der Waals surface area contributed by atoms with Gasteiger partial charge in [0.2, 0.25) is 0 Å². The number of aromatic carboxylic acids is 1. The van der Waals surface area contributed by atoms with Gasteiger partial charge in [-0.05, 0) is 5.75 Å². The lowest BCUT2D eigenvalue weighted by Gasteiger charge is -1.99. The van der Waals surface area contributed by atoms with E-state index in [1.54, 1.807) is 0 Å². The van der Waals surface area contributed by atoms with Crippen molar-refractivity contribution in [2.24, 2.45) is 0 Å². The number of hydrogen-bond acceptors (Lipinski definition) is 4. The predicted octanol–water partition coefficient (Wildman–Crippen LogP) is 1.94. The quantitative estimate of drug-likeness (QED) is 0.477. The van der Waals surface area contributed by atoms with E-state index in [4.69, 9.17) is 16.7 Å². The summed E-state index contributed by atoms with van der Waals surface area (Å²) in [6, 6.07) is 0. The largest absolute Gasteiger partial charge is 0.478 e. The fourth-order valence-electron chi connectivity index (χ4n) is 0.688. The van der Waals surface area contributed by atoms with Crippen LogP contribution in [0.25, 0.3) is 0 Å². The second-order valence-electron chi connectivity index (χ2n) is 2.10. The van der Waals surface area contributed by atoms with Crippen LogP contribution >= 0.6 is 23.4 Å². The smallest absolute Gasteiger partial charge is 0.340 e. The molecule has 0 aliphatic carbocycles. The summed E-state index contributed by atoms with van der Waals surface area (Å²) in [7, 11) is 0. The monoisotopic (exact) mass is 218 g/mol. The van der Waals surface area contributed by atoms with E-state index >= 15 is 0 Å². The highest BCUT2D eigenvalue weighted by Gasteiger charge is 2.11. The van der Waals surface area contributed by atoms with Crippen molar-refractivity contribution in [3.8, 4) is 0 Å². The Morgan fingerprint density at radius 3 is 2.92 bits per heavy atom. The molecule has 0 aliphatic heterocycles. The molecule has 0 unspecified atom stereocenters. The lowest BCUT2D eigenvalue weighted by atomic mass is 10.3. The van der Waals surface area contributed by atoms with Crippen molar-refractivity contribution in [2.75, 3.05) is 5.75 Å². The molecule has 0 aliphatic rings. The molecule has 0 radical (unpaired) electrons. The molecule has 0 bridgehead atoms. The van der Waals surface area contributed by atoms with Gasteiger partial charge in [0.05, 0.1) is 0 Å². The molecule has 1 aromatic heterocycles. The van der Waals surface area contributed by atoms with E-state index in [9.17, 15) is 4.79 Å². The maximum absolute atomic E-state index is 10.5. The van der Waals surface area contributed by atoms with Crippen LogP contribution in [0.15, 0.2) is 11.4 Å². The summed E-state index contributed by atoms with van der Waals surface area (Å²) in [5.41, 5.74) is -0.0675. The summed E-state index contributed by atoms with van der Waals surface area (Å²) >= 11 is 7.03. The molecule has 0 saturated carbocycles. The Kier molecular flexibility index (Phi) is 3.50. The molecular weight excluding hydrogens is 212 g/mol. The van der Waals surface area contributed by atoms with Crippen LogP contribution in [-0.2, 0) is 0 Å². The van der Waals surface area contributed by atoms with E-state index < -0.39 is 5.97 Å². The first-order valence-corrected chi connectivity index (χ1v) is 4.90. The Labute approximate surface area is 84.3 Å². The number of carbonyl (C=O) groups is 1. The maximum Gasteiger partial charge on any atom is 0.340 e. The van der Waals surface area contributed by atoms with Crippen LogP contribution in [0.1, 0.15) is 17.3 Å². The van der Waals surface area contributed by atoms with Gasteiger partial charge in [0.25, 0.3) is 0 Å². The number of aromatic nitrogens is 2. The van der Waals surface area contributed by atoms with Crippen molar-refractivity contribution in [2.45, 2.75) is 12.1 Å². The maximum atomic E-state index is 10.5. The molecule has 0 aromatic carbocycles. The normalized spacial score (nSPS) is 10.0. The summed E-state index contributed by atoms with van der Waals surface area (Å²) in [6.45, 7) is 1.95. The van der Waals surface area contributed by atoms with Gasteiger partial charge in [0.15, 0.2) is 5.16 Å². The molecule has 0 amide bonds. The topological polar surface area (TPSA) is 63.1 Å². The molecule has 0 fully saturated rings. The van der Waals surface area contributed by atoms with Gasteiger partial charge in [-0.1, -0.05) is 30.3 Å². The number of hydrogen-bond donors (Lipinski definition) is 1. The number of carboxylic acid groups (broad SMARTS) is 1. The Morgan fingerprint density at radius 1 is 1.77 bits per heavy atom. The summed E-state index contributed by atoms with van der Waals surface area (Å²) in [5.74, 6) is -0.291. The molecule has 1 rings (SSSR count). The first-order chi connectivity index (χ1) is 6.15. The standard InChI is InChI=1S/C7H7ClN2O2S/c1-2-13-7-9-3-4(6(11)12)5(8)10-7/h3H,2H2,1H3,(H,11,12). The number of thioether (sulfide) groups is 1. The van der Waals surface area contributed by atoms with Crippen molar-refractivity contribution in [3.05, 3.63) is 16.9 Å². The van der Waals surface area contributed by atoms with Gasteiger partial charge in [-0.15, -0.1) is 0 Å². The second kappa shape index (κ2) is 4.43. The molecule has 0 atom stereocenters. The molecule has 1 heterocycles. The Hall–Kier alpha value is -0.810. The zero-order chi connectivity index (χ0) is 9.84. The fraction of sp³-hybridized carbons (Fsp3) is 0.286. The SMILES string of the molecule is CCSc1ncc(C(=O)O)c(Cl)n1. The number of rotatable bonds is 3. The highest BCUT2D eigenvalue weighted by molar-refractivity contribution is 7.99. The van der Waals surface area contributed by atoms with Crippen LogP contribution in [0.3, 0.4) is 0 Å². The van der Waals surface area contributed by atoms with Gasteiger partial charge < -0.3 is 5.11 Å². The summed E-state index contributed by atoms with van der Waals surface area (Å²) < 4.78 is 0. The predicted molar refractivity (Wildman–Crippen MR) is 50.4 cm³/mol. The van der Waals surface area contributed by atoms with Crippen molar-refractivity contribution in [3.63, 3.8) is 0 Å². The Bertz CT molecular complexity index is 332. The lowest BCUT2D eigenvalue weighted by Crippen LogP contribution is -2.01. The van der Waals surface area contributed by atoms with Crippen LogP contribution in [-0.4, -0.2) is 26.8 Å². The van der Waals surface area contributed by atoms with Gasteiger partial charge in [0, 0.05) is 6.20 Å². The minimum absolute atomic E-state index is 0.0153. The summed E-state index contributed by atoms with van der Waals surface area (Å²) in [6.07, 6.45) is 1.22. The van der Waals surface area contributed by atoms with Crippen LogP contribution in [0.4, 0.5) is 0 Å². The van der Waals surface area contributed by atoms with E-state index in [2.05, 4.69) is 9.97 Å². The van der Waals surface area contributed by atoms with Crippen LogP contribution in [0.5, 0.6) is 0 Å². The third-order valence-electron chi connectivity index (χ3n) is 1.22. The number of carboxylic acids is 1. The summed E-state index contributed by atoms with van der Waals surface area (Å²) in [5, 5.41) is 9.10. The average molecular weight is 219 g/mol. The van der Waals surface area contributed by atoms with Gasteiger partial charge in [-0.3, -0.25) is 0 Å². The first kappa shape index (κ1) is 10.3.